The van der Waals surface area contributed by atoms with E-state index >= 15 is 0 Å². The van der Waals surface area contributed by atoms with Gasteiger partial charge in [0.2, 0.25) is 0 Å². The number of hydrogen-bond donors (Lipinski definition) is 1. The normalized spacial score (nSPS) is 16.6. The Bertz CT molecular complexity index is 740. The van der Waals surface area contributed by atoms with E-state index in [1.54, 1.807) is 18.2 Å². The molecule has 4 nitrogen and oxygen atoms in total. The van der Waals surface area contributed by atoms with E-state index in [1.807, 2.05) is 31.2 Å². The van der Waals surface area contributed by atoms with Crippen LogP contribution in [0.25, 0.3) is 0 Å². The second-order valence-electron chi connectivity index (χ2n) is 5.25. The minimum atomic E-state index is -0.801. The molecule has 0 saturated heterocycles. The SMILES string of the molecule is Cc1ccc2c(c1)CC(C(=O)Nc1ccc(Br)cc1)OC2=O. The van der Waals surface area contributed by atoms with Crippen LogP contribution in [0, 0.1) is 6.92 Å². The van der Waals surface area contributed by atoms with Crippen molar-refractivity contribution in [1.29, 1.82) is 0 Å². The number of carbonyl (C=O) groups excluding carboxylic acids is 2. The van der Waals surface area contributed by atoms with Gasteiger partial charge in [-0.2, -0.15) is 0 Å². The number of amides is 1. The summed E-state index contributed by atoms with van der Waals surface area (Å²) in [5.74, 6) is -0.764. The molecule has 1 N–H and O–H groups in total. The second-order valence-corrected chi connectivity index (χ2v) is 6.17. The predicted octanol–water partition coefficient (Wildman–Crippen LogP) is 3.48. The lowest BCUT2D eigenvalue weighted by Crippen LogP contribution is -2.38. The van der Waals surface area contributed by atoms with Gasteiger partial charge in [-0.3, -0.25) is 4.79 Å². The van der Waals surface area contributed by atoms with Gasteiger partial charge >= 0.3 is 5.97 Å². The van der Waals surface area contributed by atoms with Crippen molar-refractivity contribution in [2.45, 2.75) is 19.4 Å². The maximum atomic E-state index is 12.3. The Hall–Kier alpha value is -2.14. The molecule has 22 heavy (non-hydrogen) atoms. The summed E-state index contributed by atoms with van der Waals surface area (Å²) in [4.78, 5) is 24.3. The standard InChI is InChI=1S/C17H14BrNO3/c1-10-2-7-14-11(8-10)9-15(22-17(14)21)16(20)19-13-5-3-12(18)4-6-13/h2-8,15H,9H2,1H3,(H,19,20). The van der Waals surface area contributed by atoms with E-state index in [0.717, 1.165) is 15.6 Å². The number of hydrogen-bond acceptors (Lipinski definition) is 3. The van der Waals surface area contributed by atoms with Crippen molar-refractivity contribution < 1.29 is 14.3 Å². The zero-order valence-electron chi connectivity index (χ0n) is 11.9. The summed E-state index contributed by atoms with van der Waals surface area (Å²) in [5, 5.41) is 2.77. The molecule has 1 atom stereocenters. The molecule has 1 aliphatic rings. The molecule has 0 fully saturated rings. The number of anilines is 1. The minimum Gasteiger partial charge on any atom is -0.448 e. The van der Waals surface area contributed by atoms with Crippen LogP contribution >= 0.6 is 15.9 Å². The highest BCUT2D eigenvalue weighted by atomic mass is 79.9. The highest BCUT2D eigenvalue weighted by Crippen LogP contribution is 2.23. The van der Waals surface area contributed by atoms with Gasteiger partial charge in [-0.15, -0.1) is 0 Å². The van der Waals surface area contributed by atoms with Gasteiger partial charge in [-0.1, -0.05) is 33.6 Å². The number of aryl methyl sites for hydroxylation is 1. The van der Waals surface area contributed by atoms with Crippen LogP contribution in [0.4, 0.5) is 5.69 Å². The second kappa shape index (κ2) is 5.93. The summed E-state index contributed by atoms with van der Waals surface area (Å²) in [6.07, 6.45) is -0.407. The molecule has 2 aromatic carbocycles. The Labute approximate surface area is 136 Å². The highest BCUT2D eigenvalue weighted by Gasteiger charge is 2.31. The quantitative estimate of drug-likeness (QED) is 0.835. The van der Waals surface area contributed by atoms with Gasteiger partial charge in [0, 0.05) is 16.6 Å². The summed E-state index contributed by atoms with van der Waals surface area (Å²) < 4.78 is 6.18. The van der Waals surface area contributed by atoms with Crippen LogP contribution in [0.3, 0.4) is 0 Å². The van der Waals surface area contributed by atoms with Gasteiger partial charge in [-0.25, -0.2) is 4.79 Å². The van der Waals surface area contributed by atoms with Crippen LogP contribution in [0.5, 0.6) is 0 Å². The van der Waals surface area contributed by atoms with Gasteiger partial charge < -0.3 is 10.1 Å². The van der Waals surface area contributed by atoms with E-state index in [1.165, 1.54) is 0 Å². The van der Waals surface area contributed by atoms with E-state index in [-0.39, 0.29) is 5.91 Å². The van der Waals surface area contributed by atoms with Crippen LogP contribution in [0.15, 0.2) is 46.9 Å². The lowest BCUT2D eigenvalue weighted by molar-refractivity contribution is -0.125. The first-order chi connectivity index (χ1) is 10.5. The molecule has 0 spiro atoms. The zero-order valence-corrected chi connectivity index (χ0v) is 13.5. The number of halogens is 1. The number of ether oxygens (including phenoxy) is 1. The van der Waals surface area contributed by atoms with E-state index < -0.39 is 12.1 Å². The van der Waals surface area contributed by atoms with E-state index in [2.05, 4.69) is 21.2 Å². The summed E-state index contributed by atoms with van der Waals surface area (Å²) in [7, 11) is 0. The molecule has 2 aromatic rings. The van der Waals surface area contributed by atoms with Crippen molar-refractivity contribution in [3.05, 3.63) is 63.6 Å². The Balaban J connectivity index is 1.77. The lowest BCUT2D eigenvalue weighted by atomic mass is 9.96. The molecule has 3 rings (SSSR count). The molecule has 1 amide bonds. The van der Waals surface area contributed by atoms with Gasteiger partial charge in [-0.05, 0) is 42.8 Å². The Morgan fingerprint density at radius 3 is 2.68 bits per heavy atom. The number of benzene rings is 2. The number of fused-ring (bicyclic) bond motifs is 1. The average Bonchev–Trinajstić information content (AvgIpc) is 2.49. The van der Waals surface area contributed by atoms with Gasteiger partial charge in [0.15, 0.2) is 6.10 Å². The predicted molar refractivity (Wildman–Crippen MR) is 86.9 cm³/mol. The van der Waals surface area contributed by atoms with Crippen molar-refractivity contribution in [2.24, 2.45) is 0 Å². The molecule has 1 heterocycles. The van der Waals surface area contributed by atoms with Crippen molar-refractivity contribution in [2.75, 3.05) is 5.32 Å². The molecule has 0 bridgehead atoms. The Morgan fingerprint density at radius 2 is 1.95 bits per heavy atom. The van der Waals surface area contributed by atoms with Gasteiger partial charge in [0.05, 0.1) is 5.56 Å². The molecular formula is C17H14BrNO3. The molecule has 0 aromatic heterocycles. The molecule has 0 radical (unpaired) electrons. The molecule has 0 saturated carbocycles. The summed E-state index contributed by atoms with van der Waals surface area (Å²) in [5.41, 5.74) is 3.12. The Kier molecular flexibility index (Phi) is 3.98. The fourth-order valence-electron chi connectivity index (χ4n) is 2.43. The number of esters is 1. The number of carbonyl (C=O) groups is 2. The molecule has 5 heteroatoms. The topological polar surface area (TPSA) is 55.4 Å². The lowest BCUT2D eigenvalue weighted by Gasteiger charge is -2.24. The first-order valence-electron chi connectivity index (χ1n) is 6.90. The maximum Gasteiger partial charge on any atom is 0.339 e. The van der Waals surface area contributed by atoms with Crippen LogP contribution in [-0.4, -0.2) is 18.0 Å². The fraction of sp³-hybridized carbons (Fsp3) is 0.176. The van der Waals surface area contributed by atoms with Crippen molar-refractivity contribution >= 4 is 33.5 Å². The highest BCUT2D eigenvalue weighted by molar-refractivity contribution is 9.10. The van der Waals surface area contributed by atoms with Gasteiger partial charge in [0.1, 0.15) is 0 Å². The molecule has 1 aliphatic heterocycles. The third-order valence-corrected chi connectivity index (χ3v) is 4.07. The molecular weight excluding hydrogens is 346 g/mol. The first kappa shape index (κ1) is 14.8. The molecule has 112 valence electrons. The first-order valence-corrected chi connectivity index (χ1v) is 7.69. The minimum absolute atomic E-state index is 0.317. The summed E-state index contributed by atoms with van der Waals surface area (Å²) >= 11 is 3.34. The van der Waals surface area contributed by atoms with Gasteiger partial charge in [0.25, 0.3) is 5.91 Å². The van der Waals surface area contributed by atoms with E-state index in [0.29, 0.717) is 17.7 Å². The smallest absolute Gasteiger partial charge is 0.339 e. The van der Waals surface area contributed by atoms with Crippen LogP contribution in [0.1, 0.15) is 21.5 Å². The molecule has 0 aliphatic carbocycles. The monoisotopic (exact) mass is 359 g/mol. The maximum absolute atomic E-state index is 12.3. The average molecular weight is 360 g/mol. The van der Waals surface area contributed by atoms with Crippen molar-refractivity contribution in [1.82, 2.24) is 0 Å². The van der Waals surface area contributed by atoms with E-state index in [4.69, 9.17) is 4.74 Å². The number of nitrogens with one attached hydrogen (secondary N) is 1. The van der Waals surface area contributed by atoms with Crippen LogP contribution < -0.4 is 5.32 Å². The van der Waals surface area contributed by atoms with Crippen LogP contribution in [-0.2, 0) is 16.0 Å². The van der Waals surface area contributed by atoms with E-state index in [9.17, 15) is 9.59 Å². The Morgan fingerprint density at radius 1 is 1.23 bits per heavy atom. The zero-order chi connectivity index (χ0) is 15.7. The van der Waals surface area contributed by atoms with Crippen molar-refractivity contribution in [3.63, 3.8) is 0 Å². The van der Waals surface area contributed by atoms with Crippen LogP contribution in [0.2, 0.25) is 0 Å². The number of cyclic esters (lactones) is 1. The summed E-state index contributed by atoms with van der Waals surface area (Å²) in [6.45, 7) is 1.96. The van der Waals surface area contributed by atoms with Crippen molar-refractivity contribution in [3.8, 4) is 0 Å². The third kappa shape index (κ3) is 3.04. The third-order valence-electron chi connectivity index (χ3n) is 3.54. The molecule has 1 unspecified atom stereocenters. The largest absolute Gasteiger partial charge is 0.448 e. The number of rotatable bonds is 2. The fourth-order valence-corrected chi connectivity index (χ4v) is 2.69. The summed E-state index contributed by atoms with van der Waals surface area (Å²) in [6, 6.07) is 12.8.